The molecule has 2 heteroatoms. The molecule has 0 unspecified atom stereocenters. The average molecular weight is 853 g/mol. The van der Waals surface area contributed by atoms with E-state index in [1.165, 1.54) is 82.6 Å². The minimum atomic E-state index is -0.464. The summed E-state index contributed by atoms with van der Waals surface area (Å²) < 4.78 is 2.53. The van der Waals surface area contributed by atoms with Crippen molar-refractivity contribution in [3.63, 3.8) is 0 Å². The Balaban J connectivity index is 1.02. The molecule has 1 heterocycles. The van der Waals surface area contributed by atoms with Gasteiger partial charge in [0.2, 0.25) is 0 Å². The number of para-hydroxylation sites is 2. The van der Waals surface area contributed by atoms with Gasteiger partial charge in [0.05, 0.1) is 16.4 Å². The van der Waals surface area contributed by atoms with Crippen molar-refractivity contribution < 1.29 is 0 Å². The van der Waals surface area contributed by atoms with Crippen molar-refractivity contribution in [2.24, 2.45) is 0 Å². The van der Waals surface area contributed by atoms with Gasteiger partial charge in [0, 0.05) is 38.9 Å². The molecule has 0 saturated carbocycles. The van der Waals surface area contributed by atoms with Crippen LogP contribution in [-0.4, -0.2) is 4.57 Å². The van der Waals surface area contributed by atoms with E-state index >= 15 is 0 Å². The summed E-state index contributed by atoms with van der Waals surface area (Å²) in [6.07, 6.45) is 0. The quantitative estimate of drug-likeness (QED) is 0.148. The van der Waals surface area contributed by atoms with E-state index in [1.54, 1.807) is 0 Å². The Labute approximate surface area is 390 Å². The van der Waals surface area contributed by atoms with Crippen molar-refractivity contribution >= 4 is 49.6 Å². The van der Waals surface area contributed by atoms with Gasteiger partial charge < -0.3 is 9.47 Å². The third-order valence-corrected chi connectivity index (χ3v) is 14.0. The number of benzene rings is 11. The van der Waals surface area contributed by atoms with Crippen molar-refractivity contribution in [1.82, 2.24) is 4.57 Å². The lowest BCUT2D eigenvalue weighted by Crippen LogP contribution is -2.28. The molecule has 13 rings (SSSR count). The molecule has 0 amide bonds. The minimum absolute atomic E-state index is 0.464. The van der Waals surface area contributed by atoms with Crippen LogP contribution in [0.25, 0.3) is 71.6 Å². The van der Waals surface area contributed by atoms with Gasteiger partial charge >= 0.3 is 0 Å². The molecule has 0 saturated heterocycles. The molecule has 0 spiro atoms. The van der Waals surface area contributed by atoms with Crippen LogP contribution in [0.15, 0.2) is 267 Å². The standard InChI is InChI=1S/C65H44N2/c1-5-22-48(23-6-1)65(49-24-7-2-8-25-49)61-35-18-17-34-57(61)60-44-53(38-41-62(60)65)67-63-43-47(37-39-58(63)59-40-36-45-20-13-14-33-56(45)64(59)67)55-32-16-15-31-54(55)46-21-19-30-52(42-46)66(50-26-9-3-10-27-50)51-28-11-4-12-29-51/h1-44H. The first kappa shape index (κ1) is 38.7. The lowest BCUT2D eigenvalue weighted by molar-refractivity contribution is 0.768. The maximum atomic E-state index is 2.53. The number of rotatable bonds is 8. The number of fused-ring (bicyclic) bond motifs is 8. The van der Waals surface area contributed by atoms with Crippen LogP contribution in [-0.2, 0) is 5.41 Å². The molecule has 11 aromatic carbocycles. The fraction of sp³-hybridized carbons (Fsp3) is 0.0154. The monoisotopic (exact) mass is 852 g/mol. The Kier molecular flexibility index (Phi) is 9.11. The number of hydrogen-bond acceptors (Lipinski definition) is 1. The van der Waals surface area contributed by atoms with E-state index in [2.05, 4.69) is 276 Å². The fourth-order valence-corrected chi connectivity index (χ4v) is 11.2. The number of nitrogens with zero attached hydrogens (tertiary/aromatic N) is 2. The average Bonchev–Trinajstić information content (AvgIpc) is 3.90. The summed E-state index contributed by atoms with van der Waals surface area (Å²) in [5.74, 6) is 0. The highest BCUT2D eigenvalue weighted by Gasteiger charge is 2.46. The van der Waals surface area contributed by atoms with Gasteiger partial charge in [-0.1, -0.05) is 212 Å². The van der Waals surface area contributed by atoms with Crippen LogP contribution in [0.5, 0.6) is 0 Å². The van der Waals surface area contributed by atoms with Crippen molar-refractivity contribution in [3.05, 3.63) is 289 Å². The first-order valence-corrected chi connectivity index (χ1v) is 23.2. The minimum Gasteiger partial charge on any atom is -0.310 e. The Morgan fingerprint density at radius 1 is 0.313 bits per heavy atom. The third kappa shape index (κ3) is 6.11. The van der Waals surface area contributed by atoms with E-state index in [0.717, 1.165) is 28.3 Å². The molecule has 0 atom stereocenters. The van der Waals surface area contributed by atoms with Crippen LogP contribution in [0.4, 0.5) is 17.1 Å². The Morgan fingerprint density at radius 2 is 0.851 bits per heavy atom. The van der Waals surface area contributed by atoms with Crippen LogP contribution >= 0.6 is 0 Å². The van der Waals surface area contributed by atoms with Crippen molar-refractivity contribution in [1.29, 1.82) is 0 Å². The Hall–Kier alpha value is -8.72. The largest absolute Gasteiger partial charge is 0.310 e. The Morgan fingerprint density at radius 3 is 1.54 bits per heavy atom. The molecule has 1 aliphatic rings. The van der Waals surface area contributed by atoms with E-state index < -0.39 is 5.41 Å². The summed E-state index contributed by atoms with van der Waals surface area (Å²) in [4.78, 5) is 2.33. The molecule has 1 aliphatic carbocycles. The second-order valence-corrected chi connectivity index (χ2v) is 17.6. The summed E-state index contributed by atoms with van der Waals surface area (Å²) in [5.41, 5.74) is 18.8. The SMILES string of the molecule is c1ccc(N(c2ccccc2)c2cccc(-c3ccccc3-c3ccc4c5ccc6ccccc6c5n(-c5ccc6c(c5)-c5ccccc5C6(c5ccccc5)c5ccccc5)c4c3)c2)cc1. The van der Waals surface area contributed by atoms with Crippen LogP contribution < -0.4 is 4.90 Å². The molecule has 2 nitrogen and oxygen atoms in total. The first-order chi connectivity index (χ1) is 33.3. The molecular formula is C65H44N2. The van der Waals surface area contributed by atoms with E-state index in [-0.39, 0.29) is 0 Å². The molecule has 314 valence electrons. The van der Waals surface area contributed by atoms with Gasteiger partial charge in [-0.15, -0.1) is 0 Å². The summed E-state index contributed by atoms with van der Waals surface area (Å²) in [7, 11) is 0. The molecule has 0 N–H and O–H groups in total. The van der Waals surface area contributed by atoms with Crippen molar-refractivity contribution in [2.75, 3.05) is 4.90 Å². The predicted octanol–water partition coefficient (Wildman–Crippen LogP) is 17.1. The maximum absolute atomic E-state index is 2.53. The number of anilines is 3. The van der Waals surface area contributed by atoms with Crippen LogP contribution in [0.3, 0.4) is 0 Å². The first-order valence-electron chi connectivity index (χ1n) is 23.2. The molecule has 0 aliphatic heterocycles. The summed E-state index contributed by atoms with van der Waals surface area (Å²) in [6.45, 7) is 0. The third-order valence-electron chi connectivity index (χ3n) is 14.0. The summed E-state index contributed by atoms with van der Waals surface area (Å²) in [6, 6.07) is 98.0. The normalized spacial score (nSPS) is 12.6. The lowest BCUT2D eigenvalue weighted by atomic mass is 9.68. The number of hydrogen-bond donors (Lipinski definition) is 0. The van der Waals surface area contributed by atoms with Crippen LogP contribution in [0.2, 0.25) is 0 Å². The zero-order valence-electron chi connectivity index (χ0n) is 36.8. The highest BCUT2D eigenvalue weighted by molar-refractivity contribution is 6.19. The highest BCUT2D eigenvalue weighted by Crippen LogP contribution is 2.56. The Bertz CT molecular complexity index is 3720. The number of aromatic nitrogens is 1. The molecule has 67 heavy (non-hydrogen) atoms. The van der Waals surface area contributed by atoms with Crippen LogP contribution in [0, 0.1) is 0 Å². The highest BCUT2D eigenvalue weighted by atomic mass is 15.1. The van der Waals surface area contributed by atoms with Gasteiger partial charge in [-0.05, 0) is 116 Å². The molecule has 0 fully saturated rings. The molecule has 0 bridgehead atoms. The zero-order chi connectivity index (χ0) is 44.3. The van der Waals surface area contributed by atoms with E-state index in [0.29, 0.717) is 0 Å². The van der Waals surface area contributed by atoms with E-state index in [9.17, 15) is 0 Å². The van der Waals surface area contributed by atoms with Gasteiger partial charge in [0.1, 0.15) is 0 Å². The zero-order valence-corrected chi connectivity index (χ0v) is 36.8. The fourth-order valence-electron chi connectivity index (χ4n) is 11.2. The van der Waals surface area contributed by atoms with Gasteiger partial charge in [-0.25, -0.2) is 0 Å². The summed E-state index contributed by atoms with van der Waals surface area (Å²) in [5, 5.41) is 4.93. The van der Waals surface area contributed by atoms with E-state index in [1.807, 2.05) is 0 Å². The smallest absolute Gasteiger partial charge is 0.0713 e. The molecule has 12 aromatic rings. The maximum Gasteiger partial charge on any atom is 0.0713 e. The van der Waals surface area contributed by atoms with Gasteiger partial charge in [0.25, 0.3) is 0 Å². The second kappa shape index (κ2) is 15.8. The van der Waals surface area contributed by atoms with Crippen LogP contribution in [0.1, 0.15) is 22.3 Å². The van der Waals surface area contributed by atoms with Gasteiger partial charge in [0.15, 0.2) is 0 Å². The van der Waals surface area contributed by atoms with Gasteiger partial charge in [-0.2, -0.15) is 0 Å². The topological polar surface area (TPSA) is 8.17 Å². The predicted molar refractivity (Wildman–Crippen MR) is 281 cm³/mol. The van der Waals surface area contributed by atoms with E-state index in [4.69, 9.17) is 0 Å². The molecule has 0 radical (unpaired) electrons. The molecular weight excluding hydrogens is 809 g/mol. The second-order valence-electron chi connectivity index (χ2n) is 17.6. The molecule has 1 aromatic heterocycles. The van der Waals surface area contributed by atoms with Crippen molar-refractivity contribution in [3.8, 4) is 39.1 Å². The lowest BCUT2D eigenvalue weighted by Gasteiger charge is -2.33. The van der Waals surface area contributed by atoms with Crippen molar-refractivity contribution in [2.45, 2.75) is 5.41 Å². The van der Waals surface area contributed by atoms with Gasteiger partial charge in [-0.3, -0.25) is 0 Å². The summed E-state index contributed by atoms with van der Waals surface area (Å²) >= 11 is 0.